The zero-order valence-electron chi connectivity index (χ0n) is 13.2. The molecule has 2 aromatic heterocycles. The first-order valence-corrected chi connectivity index (χ1v) is 8.11. The molecule has 0 bridgehead atoms. The minimum atomic E-state index is -0.126. The molecule has 23 heavy (non-hydrogen) atoms. The minimum absolute atomic E-state index is 0.0148. The molecule has 1 fully saturated rings. The van der Waals surface area contributed by atoms with Gasteiger partial charge in [-0.25, -0.2) is 0 Å². The van der Waals surface area contributed by atoms with E-state index in [0.717, 1.165) is 55.7 Å². The number of aromatic nitrogens is 3. The van der Waals surface area contributed by atoms with Crippen LogP contribution in [0.3, 0.4) is 0 Å². The van der Waals surface area contributed by atoms with Gasteiger partial charge in [-0.2, -0.15) is 10.2 Å². The van der Waals surface area contributed by atoms with E-state index < -0.39 is 0 Å². The summed E-state index contributed by atoms with van der Waals surface area (Å²) in [6, 6.07) is 5.88. The van der Waals surface area contributed by atoms with Crippen molar-refractivity contribution in [2.75, 3.05) is 19.6 Å². The van der Waals surface area contributed by atoms with Gasteiger partial charge in [-0.05, 0) is 43.5 Å². The molecule has 122 valence electrons. The quantitative estimate of drug-likeness (QED) is 0.867. The number of nitrogens with two attached hydrogens (primary N) is 1. The van der Waals surface area contributed by atoms with E-state index in [2.05, 4.69) is 20.1 Å². The molecule has 1 saturated heterocycles. The first-order valence-electron chi connectivity index (χ1n) is 8.11. The smallest absolute Gasteiger partial charge is 0.0718 e. The highest BCUT2D eigenvalue weighted by molar-refractivity contribution is 5.57. The average molecular weight is 313 g/mol. The van der Waals surface area contributed by atoms with E-state index in [-0.39, 0.29) is 12.1 Å². The highest BCUT2D eigenvalue weighted by Gasteiger charge is 2.17. The molecule has 6 heteroatoms. The third-order valence-corrected chi connectivity index (χ3v) is 4.41. The van der Waals surface area contributed by atoms with Crippen molar-refractivity contribution in [3.63, 3.8) is 0 Å². The lowest BCUT2D eigenvalue weighted by Crippen LogP contribution is -2.37. The lowest BCUT2D eigenvalue weighted by Gasteiger charge is -2.30. The van der Waals surface area contributed by atoms with Crippen LogP contribution in [0.4, 0.5) is 0 Å². The van der Waals surface area contributed by atoms with Gasteiger partial charge in [0.1, 0.15) is 0 Å². The third kappa shape index (κ3) is 4.31. The van der Waals surface area contributed by atoms with Gasteiger partial charge >= 0.3 is 0 Å². The van der Waals surface area contributed by atoms with E-state index in [0.29, 0.717) is 0 Å². The molecule has 0 spiro atoms. The van der Waals surface area contributed by atoms with Crippen LogP contribution >= 0.6 is 0 Å². The van der Waals surface area contributed by atoms with Crippen LogP contribution in [0.2, 0.25) is 0 Å². The van der Waals surface area contributed by atoms with Gasteiger partial charge in [0.25, 0.3) is 0 Å². The van der Waals surface area contributed by atoms with Crippen molar-refractivity contribution in [3.8, 4) is 11.3 Å². The molecule has 0 unspecified atom stereocenters. The van der Waals surface area contributed by atoms with E-state index in [1.807, 2.05) is 24.4 Å². The molecule has 0 saturated carbocycles. The highest BCUT2D eigenvalue weighted by Crippen LogP contribution is 2.19. The molecule has 3 rings (SSSR count). The van der Waals surface area contributed by atoms with Gasteiger partial charge < -0.3 is 15.7 Å². The molecule has 3 heterocycles. The maximum absolute atomic E-state index is 9.53. The van der Waals surface area contributed by atoms with Crippen LogP contribution in [-0.4, -0.2) is 50.9 Å². The Kier molecular flexibility index (Phi) is 5.27. The fourth-order valence-corrected chi connectivity index (χ4v) is 2.87. The van der Waals surface area contributed by atoms with E-state index in [1.54, 1.807) is 12.4 Å². The Hall–Kier alpha value is -1.89. The molecule has 0 amide bonds. The number of nitrogens with zero attached hydrogens (tertiary/aromatic N) is 4. The second-order valence-corrected chi connectivity index (χ2v) is 6.08. The Morgan fingerprint density at radius 3 is 2.65 bits per heavy atom. The Balaban J connectivity index is 1.54. The van der Waals surface area contributed by atoms with Crippen LogP contribution in [0.25, 0.3) is 11.3 Å². The van der Waals surface area contributed by atoms with Gasteiger partial charge in [0, 0.05) is 30.9 Å². The molecule has 0 aromatic carbocycles. The fourth-order valence-electron chi connectivity index (χ4n) is 2.87. The summed E-state index contributed by atoms with van der Waals surface area (Å²) in [4.78, 5) is 6.85. The van der Waals surface area contributed by atoms with Crippen molar-refractivity contribution in [1.29, 1.82) is 0 Å². The van der Waals surface area contributed by atoms with Crippen LogP contribution < -0.4 is 5.73 Å². The molecule has 3 N–H and O–H groups in total. The Bertz CT molecular complexity index is 596. The summed E-state index contributed by atoms with van der Waals surface area (Å²) in [7, 11) is 0. The van der Waals surface area contributed by atoms with Gasteiger partial charge in [-0.3, -0.25) is 4.98 Å². The van der Waals surface area contributed by atoms with E-state index in [4.69, 9.17) is 5.73 Å². The number of hydrogen-bond donors (Lipinski definition) is 2. The standard InChI is InChI=1S/C17H23N5O/c18-16(6-10-22-8-4-15(23)5-9-22)13-1-2-17(19-11-13)14-3-7-20-21-12-14/h1-3,7,11-12,15-16,23H,4-6,8-10,18H2/t16-/m1/s1. The Labute approximate surface area is 136 Å². The molecular weight excluding hydrogens is 290 g/mol. The molecule has 1 atom stereocenters. The van der Waals surface area contributed by atoms with Gasteiger partial charge in [-0.15, -0.1) is 0 Å². The minimum Gasteiger partial charge on any atom is -0.393 e. The SMILES string of the molecule is N[C@H](CCN1CCC(O)CC1)c1ccc(-c2ccnnc2)nc1. The zero-order valence-corrected chi connectivity index (χ0v) is 13.2. The monoisotopic (exact) mass is 313 g/mol. The van der Waals surface area contributed by atoms with Crippen molar-refractivity contribution in [1.82, 2.24) is 20.1 Å². The summed E-state index contributed by atoms with van der Waals surface area (Å²) in [6.45, 7) is 2.88. The first-order chi connectivity index (χ1) is 11.2. The summed E-state index contributed by atoms with van der Waals surface area (Å²) in [6.07, 6.45) is 7.71. The largest absolute Gasteiger partial charge is 0.393 e. The summed E-state index contributed by atoms with van der Waals surface area (Å²) < 4.78 is 0. The summed E-state index contributed by atoms with van der Waals surface area (Å²) >= 11 is 0. The summed E-state index contributed by atoms with van der Waals surface area (Å²) in [5.74, 6) is 0. The van der Waals surface area contributed by atoms with Crippen LogP contribution in [0.15, 0.2) is 36.8 Å². The molecule has 2 aromatic rings. The molecule has 6 nitrogen and oxygen atoms in total. The van der Waals surface area contributed by atoms with E-state index >= 15 is 0 Å². The maximum Gasteiger partial charge on any atom is 0.0718 e. The Morgan fingerprint density at radius 1 is 1.17 bits per heavy atom. The van der Waals surface area contributed by atoms with E-state index in [1.165, 1.54) is 0 Å². The Morgan fingerprint density at radius 2 is 2.00 bits per heavy atom. The number of pyridine rings is 1. The summed E-state index contributed by atoms with van der Waals surface area (Å²) in [5, 5.41) is 17.2. The van der Waals surface area contributed by atoms with Crippen LogP contribution in [0.1, 0.15) is 30.9 Å². The number of aliphatic hydroxyl groups is 1. The molecule has 0 aliphatic carbocycles. The highest BCUT2D eigenvalue weighted by atomic mass is 16.3. The number of piperidine rings is 1. The zero-order chi connectivity index (χ0) is 16.1. The molecular formula is C17H23N5O. The topological polar surface area (TPSA) is 88.2 Å². The normalized spacial score (nSPS) is 18.0. The number of aliphatic hydroxyl groups excluding tert-OH is 1. The van der Waals surface area contributed by atoms with Crippen molar-refractivity contribution in [2.24, 2.45) is 5.73 Å². The van der Waals surface area contributed by atoms with Crippen molar-refractivity contribution in [3.05, 3.63) is 42.4 Å². The van der Waals surface area contributed by atoms with Gasteiger partial charge in [-0.1, -0.05) is 6.07 Å². The van der Waals surface area contributed by atoms with Crippen molar-refractivity contribution in [2.45, 2.75) is 31.4 Å². The van der Waals surface area contributed by atoms with E-state index in [9.17, 15) is 5.11 Å². The molecule has 1 aliphatic heterocycles. The van der Waals surface area contributed by atoms with Crippen LogP contribution in [0, 0.1) is 0 Å². The fraction of sp³-hybridized carbons (Fsp3) is 0.471. The predicted molar refractivity (Wildman–Crippen MR) is 88.5 cm³/mol. The first kappa shape index (κ1) is 16.0. The second kappa shape index (κ2) is 7.59. The molecule has 0 radical (unpaired) electrons. The van der Waals surface area contributed by atoms with Gasteiger partial charge in [0.15, 0.2) is 0 Å². The van der Waals surface area contributed by atoms with Crippen LogP contribution in [0.5, 0.6) is 0 Å². The number of rotatable bonds is 5. The van der Waals surface area contributed by atoms with Crippen LogP contribution in [-0.2, 0) is 0 Å². The number of hydrogen-bond acceptors (Lipinski definition) is 6. The van der Waals surface area contributed by atoms with Crippen molar-refractivity contribution >= 4 is 0 Å². The lowest BCUT2D eigenvalue weighted by atomic mass is 10.0. The van der Waals surface area contributed by atoms with Crippen molar-refractivity contribution < 1.29 is 5.11 Å². The van der Waals surface area contributed by atoms with Gasteiger partial charge in [0.2, 0.25) is 0 Å². The lowest BCUT2D eigenvalue weighted by molar-refractivity contribution is 0.0812. The second-order valence-electron chi connectivity index (χ2n) is 6.08. The average Bonchev–Trinajstić information content (AvgIpc) is 2.62. The number of likely N-dealkylation sites (tertiary alicyclic amines) is 1. The predicted octanol–water partition coefficient (Wildman–Crippen LogP) is 1.39. The summed E-state index contributed by atoms with van der Waals surface area (Å²) in [5.41, 5.74) is 9.17. The molecule has 1 aliphatic rings. The third-order valence-electron chi connectivity index (χ3n) is 4.41. The van der Waals surface area contributed by atoms with Gasteiger partial charge in [0.05, 0.1) is 24.2 Å². The maximum atomic E-state index is 9.53.